The third-order valence-electron chi connectivity index (χ3n) is 19.4. The van der Waals surface area contributed by atoms with Crippen LogP contribution < -0.4 is 48.1 Å². The van der Waals surface area contributed by atoms with Crippen LogP contribution in [0.1, 0.15) is 83.8 Å². The molecule has 564 valence electrons. The van der Waals surface area contributed by atoms with Crippen molar-refractivity contribution in [1.82, 2.24) is 59.0 Å². The number of carbonyl (C=O) groups excluding carboxylic acids is 3. The number of aromatic amines is 3. The highest BCUT2D eigenvalue weighted by molar-refractivity contribution is 6.04. The zero-order valence-electron chi connectivity index (χ0n) is 59.6. The number of allylic oxidation sites excluding steroid dienone is 1. The van der Waals surface area contributed by atoms with E-state index in [9.17, 15) is 55.1 Å². The van der Waals surface area contributed by atoms with Gasteiger partial charge in [0.25, 0.3) is 22.6 Å². The van der Waals surface area contributed by atoms with Crippen LogP contribution in [0, 0.1) is 46.7 Å². The predicted octanol–water partition coefficient (Wildman–Crippen LogP) is 13.6. The van der Waals surface area contributed by atoms with E-state index >= 15 is 0 Å². The molecule has 0 saturated carbocycles. The van der Waals surface area contributed by atoms with Crippen molar-refractivity contribution in [2.45, 2.75) is 83.8 Å². The fourth-order valence-electron chi connectivity index (χ4n) is 14.2. The number of para-hydroxylation sites is 3. The molecule has 15 rings (SSSR count). The number of piperidine rings is 2. The number of amides is 3. The van der Waals surface area contributed by atoms with E-state index in [4.69, 9.17) is 31.4 Å². The summed E-state index contributed by atoms with van der Waals surface area (Å²) in [6, 6.07) is 29.9. The average Bonchev–Trinajstić information content (AvgIpc) is 1.61. The maximum atomic E-state index is 14.0. The molecule has 3 aliphatic heterocycles. The highest BCUT2D eigenvalue weighted by Crippen LogP contribution is 2.42. The second-order valence-corrected chi connectivity index (χ2v) is 26.4. The number of rotatable bonds is 15. The van der Waals surface area contributed by atoms with Crippen LogP contribution >= 0.6 is 0 Å². The number of halogens is 6. The number of fused-ring (bicyclic) bond motifs is 3. The Morgan fingerprint density at radius 2 is 0.827 bits per heavy atom. The molecule has 3 atom stereocenters. The number of benzene rings is 6. The van der Waals surface area contributed by atoms with Gasteiger partial charge in [-0.1, -0.05) is 73.5 Å². The average molecular weight is 1500 g/mol. The lowest BCUT2D eigenvalue weighted by Crippen LogP contribution is -2.40. The lowest BCUT2D eigenvalue weighted by Gasteiger charge is -2.33. The summed E-state index contributed by atoms with van der Waals surface area (Å²) >= 11 is 0. The van der Waals surface area contributed by atoms with Gasteiger partial charge in [0.1, 0.15) is 33.8 Å². The summed E-state index contributed by atoms with van der Waals surface area (Å²) in [5.74, 6) is -0.0857. The van der Waals surface area contributed by atoms with Gasteiger partial charge in [-0.05, 0) is 154 Å². The molecule has 3 amide bonds. The first-order chi connectivity index (χ1) is 53.1. The summed E-state index contributed by atoms with van der Waals surface area (Å²) in [6.45, 7) is 8.60. The van der Waals surface area contributed by atoms with E-state index in [2.05, 4.69) is 42.4 Å². The van der Waals surface area contributed by atoms with Crippen molar-refractivity contribution in [3.63, 3.8) is 0 Å². The molecule has 9 N–H and O–H groups in total. The molecule has 0 bridgehead atoms. The van der Waals surface area contributed by atoms with Crippen molar-refractivity contribution in [1.29, 1.82) is 0 Å². The molecule has 110 heavy (non-hydrogen) atoms. The van der Waals surface area contributed by atoms with Crippen molar-refractivity contribution in [2.75, 3.05) is 56.5 Å². The Hall–Kier alpha value is -13.3. The Kier molecular flexibility index (Phi) is 22.1. The fraction of sp³-hybridized carbons (Fsp3) is 0.237. The minimum Gasteiger partial charge on any atom is -0.451 e. The first kappa shape index (κ1) is 74.9. The van der Waals surface area contributed by atoms with Gasteiger partial charge in [-0.15, -0.1) is 0 Å². The first-order valence-electron chi connectivity index (χ1n) is 35.4. The van der Waals surface area contributed by atoms with E-state index in [0.717, 1.165) is 74.1 Å². The number of nitrogens with one attached hydrogen (secondary N) is 3. The number of hydrogen-bond donors (Lipinski definition) is 6. The molecule has 12 aromatic rings. The van der Waals surface area contributed by atoms with Gasteiger partial charge < -0.3 is 59.8 Å². The number of ether oxygens (including phenoxy) is 3. The van der Waals surface area contributed by atoms with Crippen LogP contribution in [0.25, 0.3) is 66.1 Å². The van der Waals surface area contributed by atoms with Crippen molar-refractivity contribution >= 4 is 67.9 Å². The lowest BCUT2D eigenvalue weighted by atomic mass is 10.1. The van der Waals surface area contributed by atoms with Crippen molar-refractivity contribution < 1.29 is 54.9 Å². The third kappa shape index (κ3) is 15.5. The summed E-state index contributed by atoms with van der Waals surface area (Å²) in [7, 11) is 0. The minimum atomic E-state index is -0.810. The first-order valence-corrected chi connectivity index (χ1v) is 35.4. The number of hydrogen-bond acceptors (Lipinski definition) is 15. The second-order valence-electron chi connectivity index (χ2n) is 26.4. The molecule has 0 radical (unpaired) electrons. The predicted molar refractivity (Wildman–Crippen MR) is 403 cm³/mol. The third-order valence-corrected chi connectivity index (χ3v) is 19.4. The van der Waals surface area contributed by atoms with Gasteiger partial charge in [-0.25, -0.2) is 41.6 Å². The molecular formula is C80H73F6N15O9. The minimum absolute atomic E-state index is 0.0687. The number of nitrogens with zero attached hydrogens (tertiary/aromatic N) is 9. The quantitative estimate of drug-likeness (QED) is 0.0316. The van der Waals surface area contributed by atoms with Gasteiger partial charge in [0.05, 0.1) is 34.3 Å². The van der Waals surface area contributed by atoms with Crippen LogP contribution in [0.3, 0.4) is 0 Å². The van der Waals surface area contributed by atoms with Gasteiger partial charge in [0.2, 0.25) is 11.8 Å². The second kappa shape index (κ2) is 32.4. The van der Waals surface area contributed by atoms with Gasteiger partial charge >= 0.3 is 0 Å². The van der Waals surface area contributed by atoms with Gasteiger partial charge in [0, 0.05) is 81.0 Å². The highest BCUT2D eigenvalue weighted by atomic mass is 19.2. The maximum absolute atomic E-state index is 14.0. The number of aromatic nitrogens is 9. The topological polar surface area (TPSA) is 319 Å². The molecule has 0 spiro atoms. The molecule has 6 aromatic carbocycles. The molecule has 3 fully saturated rings. The number of nitrogens with two attached hydrogens (primary N) is 3. The van der Waals surface area contributed by atoms with Crippen molar-refractivity contribution in [3.05, 3.63) is 224 Å². The van der Waals surface area contributed by atoms with E-state index in [1.54, 1.807) is 103 Å². The highest BCUT2D eigenvalue weighted by Gasteiger charge is 2.33. The van der Waals surface area contributed by atoms with Crippen LogP contribution in [0.5, 0.6) is 34.5 Å². The molecule has 30 heteroatoms. The van der Waals surface area contributed by atoms with Crippen molar-refractivity contribution in [2.24, 2.45) is 0 Å². The van der Waals surface area contributed by atoms with E-state index in [-0.39, 0.29) is 81.7 Å². The smallest absolute Gasteiger partial charge is 0.298 e. The van der Waals surface area contributed by atoms with Gasteiger partial charge in [-0.2, -0.15) is 15.3 Å². The summed E-state index contributed by atoms with van der Waals surface area (Å²) in [5.41, 5.74) is 22.7. The Balaban J connectivity index is 0.000000145. The summed E-state index contributed by atoms with van der Waals surface area (Å²) in [6.07, 6.45) is 13.8. The number of nitrogen functional groups attached to an aromatic ring is 3. The molecule has 0 aliphatic carbocycles. The van der Waals surface area contributed by atoms with Gasteiger partial charge in [-0.3, -0.25) is 28.8 Å². The van der Waals surface area contributed by atoms with E-state index in [0.29, 0.717) is 113 Å². The number of likely N-dealkylation sites (tertiary alicyclic amines) is 3. The Morgan fingerprint density at radius 3 is 1.17 bits per heavy atom. The van der Waals surface area contributed by atoms with Crippen LogP contribution in [0.4, 0.5) is 43.8 Å². The van der Waals surface area contributed by atoms with E-state index in [1.165, 1.54) is 24.3 Å². The maximum Gasteiger partial charge on any atom is 0.298 e. The van der Waals surface area contributed by atoms with E-state index < -0.39 is 57.7 Å². The largest absolute Gasteiger partial charge is 0.451 e. The summed E-state index contributed by atoms with van der Waals surface area (Å²) in [5, 5.41) is 20.7. The standard InChI is InChI=1S/C27H25F2N5O3.C27H23F2N5O3.C26H25F2N5O3/c2*1-2-5-22(35)33-13-4-6-17(14-33)34-15-19(23-24(34)27(36)32-31-26(23)30)16-9-11-18(12-10-16)37-25-20(28)7-3-8-21(25)29;1-2-4-21(34)32-12-11-16(13-32)33-14-18(22-23(33)26(35)31-30-25(22)29)15-7-9-17(10-8-15)36-24-19(27)5-3-6-20(24)28/h2-3,5,7-12,15,17H,4,6,13-14H2,1H3,(H2,30,31)(H,32,36);3,7-12,15,17H,4,6,13-14H2,1H3,(H2,30,31)(H,32,36);3,5-10,14,16H,2,4,11-13H2,1H3,(H2,29,30)(H,31,35)/b5-2+;;/t2*17-;16-/m111/s1. The molecule has 9 heterocycles. The lowest BCUT2D eigenvalue weighted by molar-refractivity contribution is -0.130. The Bertz CT molecular complexity index is 5730. The zero-order valence-corrected chi connectivity index (χ0v) is 59.6. The Labute approximate surface area is 623 Å². The molecule has 3 aliphatic rings. The monoisotopic (exact) mass is 1500 g/mol. The number of H-pyrrole nitrogens is 3. The van der Waals surface area contributed by atoms with E-state index in [1.807, 2.05) is 44.1 Å². The number of anilines is 3. The van der Waals surface area contributed by atoms with Crippen LogP contribution in [-0.4, -0.2) is 116 Å². The van der Waals surface area contributed by atoms with Crippen LogP contribution in [0.15, 0.2) is 173 Å². The molecule has 0 unspecified atom stereocenters. The fourth-order valence-corrected chi connectivity index (χ4v) is 14.2. The SMILES string of the molecule is C/C=C/C(=O)N1CCC[C@@H](n2cc(-c3ccc(Oc4c(F)cccc4F)cc3)c3c(N)n[nH]c(=O)c32)C1.CC#CC(=O)N1CCC[C@@H](n2cc(-c3ccc(Oc4c(F)cccc4F)cc3)c3c(N)n[nH]c(=O)c32)C1.CCCC(=O)N1CC[C@@H](n2cc(-c3ccc(Oc4c(F)cccc4F)cc3)c3c(N)n[nH]c(=O)c32)C1. The molecule has 24 nitrogen and oxygen atoms in total. The van der Waals surface area contributed by atoms with Crippen LogP contribution in [0.2, 0.25) is 0 Å². The zero-order chi connectivity index (χ0) is 77.6. The van der Waals surface area contributed by atoms with Gasteiger partial charge in [0.15, 0.2) is 69.6 Å². The molecule has 3 saturated heterocycles. The summed E-state index contributed by atoms with van der Waals surface area (Å²) < 4.78 is 106. The molecular weight excluding hydrogens is 1430 g/mol. The number of carbonyl (C=O) groups is 3. The Morgan fingerprint density at radius 1 is 0.491 bits per heavy atom. The van der Waals surface area contributed by atoms with Crippen molar-refractivity contribution in [3.8, 4) is 79.7 Å². The molecule has 6 aromatic heterocycles. The summed E-state index contributed by atoms with van der Waals surface area (Å²) in [4.78, 5) is 81.1. The normalized spacial score (nSPS) is 15.6. The van der Waals surface area contributed by atoms with Crippen LogP contribution in [-0.2, 0) is 14.4 Å².